The quantitative estimate of drug-likeness (QED) is 0.850. The smallest absolute Gasteiger partial charge is 0.248 e. The number of amides is 1. The highest BCUT2D eigenvalue weighted by Gasteiger charge is 2.50. The lowest BCUT2D eigenvalue weighted by Crippen LogP contribution is -2.50. The van der Waals surface area contributed by atoms with Gasteiger partial charge in [0.25, 0.3) is 0 Å². The van der Waals surface area contributed by atoms with E-state index in [1.54, 1.807) is 7.11 Å². The number of benzene rings is 1. The summed E-state index contributed by atoms with van der Waals surface area (Å²) < 4.78 is 5.00. The van der Waals surface area contributed by atoms with E-state index < -0.39 is 0 Å². The third-order valence-corrected chi connectivity index (χ3v) is 6.16. The summed E-state index contributed by atoms with van der Waals surface area (Å²) in [5.74, 6) is 0.394. The number of aliphatic hydroxyl groups excluding tert-OH is 1. The Bertz CT molecular complexity index is 789. The SMILES string of the molecule is COCC(=O)N1C[C@@H]2CCN(Cc3cccc4[nH]ccc34)C[C@]2(CO)C1. The number of H-pyrrole nitrogens is 1. The molecule has 0 unspecified atom stereocenters. The molecule has 2 aromatic rings. The first-order valence-electron chi connectivity index (χ1n) is 9.30. The lowest BCUT2D eigenvalue weighted by molar-refractivity contribution is -0.134. The van der Waals surface area contributed by atoms with Crippen LogP contribution in [-0.4, -0.2) is 72.3 Å². The summed E-state index contributed by atoms with van der Waals surface area (Å²) in [5, 5.41) is 11.5. The topological polar surface area (TPSA) is 68.8 Å². The minimum atomic E-state index is -0.215. The van der Waals surface area contributed by atoms with Gasteiger partial charge in [-0.2, -0.15) is 0 Å². The first-order chi connectivity index (χ1) is 12.6. The number of hydrogen-bond donors (Lipinski definition) is 2. The van der Waals surface area contributed by atoms with Gasteiger partial charge in [-0.25, -0.2) is 0 Å². The summed E-state index contributed by atoms with van der Waals surface area (Å²) in [6.45, 7) is 4.30. The van der Waals surface area contributed by atoms with E-state index in [2.05, 4.69) is 34.1 Å². The largest absolute Gasteiger partial charge is 0.396 e. The minimum absolute atomic E-state index is 0.0263. The van der Waals surface area contributed by atoms with E-state index in [1.165, 1.54) is 10.9 Å². The second-order valence-electron chi connectivity index (χ2n) is 7.78. The molecule has 0 radical (unpaired) electrons. The summed E-state index contributed by atoms with van der Waals surface area (Å²) >= 11 is 0. The summed E-state index contributed by atoms with van der Waals surface area (Å²) in [6.07, 6.45) is 2.99. The maximum Gasteiger partial charge on any atom is 0.248 e. The zero-order valence-corrected chi connectivity index (χ0v) is 15.3. The van der Waals surface area contributed by atoms with Crippen LogP contribution in [0.2, 0.25) is 0 Å². The summed E-state index contributed by atoms with van der Waals surface area (Å²) in [7, 11) is 1.55. The van der Waals surface area contributed by atoms with Crippen molar-refractivity contribution in [2.24, 2.45) is 11.3 Å². The van der Waals surface area contributed by atoms with Crippen molar-refractivity contribution in [2.45, 2.75) is 13.0 Å². The molecule has 0 aliphatic carbocycles. The van der Waals surface area contributed by atoms with Crippen molar-refractivity contribution >= 4 is 16.8 Å². The van der Waals surface area contributed by atoms with E-state index in [0.29, 0.717) is 12.5 Å². The molecule has 3 heterocycles. The van der Waals surface area contributed by atoms with Crippen molar-refractivity contribution < 1.29 is 14.6 Å². The first kappa shape index (κ1) is 17.5. The Labute approximate surface area is 153 Å². The van der Waals surface area contributed by atoms with Gasteiger partial charge in [-0.1, -0.05) is 12.1 Å². The third kappa shape index (κ3) is 3.02. The zero-order valence-electron chi connectivity index (χ0n) is 15.3. The zero-order chi connectivity index (χ0) is 18.1. The number of aromatic nitrogens is 1. The number of carbonyl (C=O) groups excluding carboxylic acids is 1. The van der Waals surface area contributed by atoms with Crippen LogP contribution < -0.4 is 0 Å². The predicted octanol–water partition coefficient (Wildman–Crippen LogP) is 1.46. The van der Waals surface area contributed by atoms with Crippen LogP contribution in [0.5, 0.6) is 0 Å². The van der Waals surface area contributed by atoms with Gasteiger partial charge in [0.1, 0.15) is 6.61 Å². The number of fused-ring (bicyclic) bond motifs is 2. The number of carbonyl (C=O) groups is 1. The molecule has 2 fully saturated rings. The van der Waals surface area contributed by atoms with Gasteiger partial charge in [-0.15, -0.1) is 0 Å². The molecule has 2 saturated heterocycles. The molecule has 1 amide bonds. The highest BCUT2D eigenvalue weighted by atomic mass is 16.5. The second kappa shape index (κ2) is 7.02. The van der Waals surface area contributed by atoms with Gasteiger partial charge in [0.05, 0.1) is 6.61 Å². The molecule has 0 spiro atoms. The number of rotatable bonds is 5. The van der Waals surface area contributed by atoms with Crippen molar-refractivity contribution in [1.29, 1.82) is 0 Å². The molecule has 2 atom stereocenters. The van der Waals surface area contributed by atoms with Crippen LogP contribution >= 0.6 is 0 Å². The van der Waals surface area contributed by atoms with Crippen molar-refractivity contribution in [2.75, 3.05) is 46.5 Å². The molecule has 26 heavy (non-hydrogen) atoms. The summed E-state index contributed by atoms with van der Waals surface area (Å²) in [5.41, 5.74) is 2.25. The fraction of sp³-hybridized carbons (Fsp3) is 0.550. The van der Waals surface area contributed by atoms with Gasteiger partial charge in [0.15, 0.2) is 0 Å². The molecule has 6 heteroatoms. The first-order valence-corrected chi connectivity index (χ1v) is 9.30. The molecule has 0 bridgehead atoms. The number of methoxy groups -OCH3 is 1. The third-order valence-electron chi connectivity index (χ3n) is 6.16. The van der Waals surface area contributed by atoms with Gasteiger partial charge in [-0.05, 0) is 36.6 Å². The fourth-order valence-electron chi connectivity index (χ4n) is 4.77. The van der Waals surface area contributed by atoms with E-state index in [9.17, 15) is 9.90 Å². The number of likely N-dealkylation sites (tertiary alicyclic amines) is 2. The number of nitrogens with one attached hydrogen (secondary N) is 1. The van der Waals surface area contributed by atoms with E-state index in [4.69, 9.17) is 4.74 Å². The summed E-state index contributed by atoms with van der Waals surface area (Å²) in [6, 6.07) is 8.48. The Balaban J connectivity index is 1.50. The Morgan fingerprint density at radius 3 is 3.08 bits per heavy atom. The maximum absolute atomic E-state index is 12.2. The number of ether oxygens (including phenoxy) is 1. The molecule has 0 saturated carbocycles. The average Bonchev–Trinajstić information content (AvgIpc) is 3.27. The monoisotopic (exact) mass is 357 g/mol. The average molecular weight is 357 g/mol. The minimum Gasteiger partial charge on any atom is -0.396 e. The Hall–Kier alpha value is -1.89. The Morgan fingerprint density at radius 1 is 1.38 bits per heavy atom. The standard InChI is InChI=1S/C20H27N3O3/c1-26-11-19(25)23-10-16-6-8-22(12-20(16,13-23)14-24)9-15-3-2-4-18-17(15)5-7-21-18/h2-5,7,16,21,24H,6,8-14H2,1H3/t16-,20+/m0/s1. The molecule has 6 nitrogen and oxygen atoms in total. The highest BCUT2D eigenvalue weighted by Crippen LogP contribution is 2.42. The molecular formula is C20H27N3O3. The van der Waals surface area contributed by atoms with E-state index in [1.807, 2.05) is 11.1 Å². The van der Waals surface area contributed by atoms with Crippen molar-refractivity contribution in [3.8, 4) is 0 Å². The van der Waals surface area contributed by atoms with E-state index >= 15 is 0 Å². The Kier molecular flexibility index (Phi) is 4.73. The maximum atomic E-state index is 12.2. The Morgan fingerprint density at radius 2 is 2.27 bits per heavy atom. The van der Waals surface area contributed by atoms with Crippen LogP contribution in [0, 0.1) is 11.3 Å². The fourth-order valence-corrected chi connectivity index (χ4v) is 4.77. The molecule has 140 valence electrons. The van der Waals surface area contributed by atoms with Gasteiger partial charge >= 0.3 is 0 Å². The highest BCUT2D eigenvalue weighted by molar-refractivity contribution is 5.82. The van der Waals surface area contributed by atoms with Crippen molar-refractivity contribution in [3.05, 3.63) is 36.0 Å². The second-order valence-corrected chi connectivity index (χ2v) is 7.78. The number of aromatic amines is 1. The molecule has 1 aromatic carbocycles. The molecule has 2 N–H and O–H groups in total. The molecule has 2 aliphatic heterocycles. The van der Waals surface area contributed by atoms with Gasteiger partial charge < -0.3 is 19.7 Å². The molecular weight excluding hydrogens is 330 g/mol. The van der Waals surface area contributed by atoms with Gasteiger partial charge in [-0.3, -0.25) is 9.69 Å². The van der Waals surface area contributed by atoms with Crippen LogP contribution in [0.1, 0.15) is 12.0 Å². The van der Waals surface area contributed by atoms with Gasteiger partial charge in [0, 0.05) is 55.8 Å². The molecule has 4 rings (SSSR count). The van der Waals surface area contributed by atoms with Crippen LogP contribution in [0.3, 0.4) is 0 Å². The summed E-state index contributed by atoms with van der Waals surface area (Å²) in [4.78, 5) is 19.8. The van der Waals surface area contributed by atoms with Crippen LogP contribution in [0.4, 0.5) is 0 Å². The number of piperidine rings is 1. The molecule has 2 aliphatic rings. The lowest BCUT2D eigenvalue weighted by Gasteiger charge is -2.43. The van der Waals surface area contributed by atoms with Crippen LogP contribution in [0.15, 0.2) is 30.5 Å². The van der Waals surface area contributed by atoms with Crippen molar-refractivity contribution in [3.63, 3.8) is 0 Å². The lowest BCUT2D eigenvalue weighted by atomic mass is 9.74. The molecule has 1 aromatic heterocycles. The van der Waals surface area contributed by atoms with E-state index in [-0.39, 0.29) is 24.5 Å². The van der Waals surface area contributed by atoms with Crippen molar-refractivity contribution in [1.82, 2.24) is 14.8 Å². The number of aliphatic hydroxyl groups is 1. The number of nitrogens with zero attached hydrogens (tertiary/aromatic N) is 2. The predicted molar refractivity (Wildman–Crippen MR) is 99.7 cm³/mol. The van der Waals surface area contributed by atoms with Crippen LogP contribution in [-0.2, 0) is 16.1 Å². The van der Waals surface area contributed by atoms with E-state index in [0.717, 1.165) is 38.1 Å². The van der Waals surface area contributed by atoms with Crippen LogP contribution in [0.25, 0.3) is 10.9 Å². The van der Waals surface area contributed by atoms with Gasteiger partial charge in [0.2, 0.25) is 5.91 Å². The normalized spacial score (nSPS) is 26.4. The number of hydrogen-bond acceptors (Lipinski definition) is 4.